The van der Waals surface area contributed by atoms with E-state index >= 15 is 0 Å². The van der Waals surface area contributed by atoms with Crippen LogP contribution in [0.3, 0.4) is 0 Å². The van der Waals surface area contributed by atoms with Gasteiger partial charge in [-0.1, -0.05) is 13.0 Å². The first-order valence-electron chi connectivity index (χ1n) is 9.36. The van der Waals surface area contributed by atoms with Gasteiger partial charge < -0.3 is 10.0 Å². The molecule has 142 valence electrons. The molecule has 0 aliphatic carbocycles. The molecule has 0 amide bonds. The molecule has 0 bridgehead atoms. The Morgan fingerprint density at radius 1 is 1.30 bits per heavy atom. The SMILES string of the molecule is CCN1c2ccc(/C=N/Nc3ccc(C(=O)O)cc3)cc2[C@H](C)CC1(C)C. The highest BCUT2D eigenvalue weighted by Crippen LogP contribution is 2.43. The summed E-state index contributed by atoms with van der Waals surface area (Å²) < 4.78 is 0. The summed E-state index contributed by atoms with van der Waals surface area (Å²) in [6.07, 6.45) is 2.93. The van der Waals surface area contributed by atoms with Gasteiger partial charge in [-0.05, 0) is 80.6 Å². The second kappa shape index (κ2) is 7.43. The summed E-state index contributed by atoms with van der Waals surface area (Å²) in [5.41, 5.74) is 7.86. The molecule has 0 fully saturated rings. The van der Waals surface area contributed by atoms with Crippen molar-refractivity contribution in [2.75, 3.05) is 16.9 Å². The van der Waals surface area contributed by atoms with Crippen molar-refractivity contribution in [3.05, 3.63) is 59.2 Å². The van der Waals surface area contributed by atoms with Gasteiger partial charge in [0.1, 0.15) is 0 Å². The number of carbonyl (C=O) groups is 1. The van der Waals surface area contributed by atoms with E-state index in [0.717, 1.165) is 24.2 Å². The number of hydrazone groups is 1. The first-order chi connectivity index (χ1) is 12.8. The summed E-state index contributed by atoms with van der Waals surface area (Å²) in [4.78, 5) is 13.4. The second-order valence-electron chi connectivity index (χ2n) is 7.73. The van der Waals surface area contributed by atoms with E-state index in [2.05, 4.69) is 61.3 Å². The van der Waals surface area contributed by atoms with Crippen molar-refractivity contribution in [2.24, 2.45) is 5.10 Å². The third kappa shape index (κ3) is 3.97. The molecule has 2 aromatic rings. The van der Waals surface area contributed by atoms with Gasteiger partial charge in [-0.2, -0.15) is 5.10 Å². The summed E-state index contributed by atoms with van der Waals surface area (Å²) in [6.45, 7) is 10.1. The fourth-order valence-electron chi connectivity index (χ4n) is 4.06. The third-order valence-corrected chi connectivity index (χ3v) is 5.27. The lowest BCUT2D eigenvalue weighted by Gasteiger charge is -2.47. The lowest BCUT2D eigenvalue weighted by Crippen LogP contribution is -2.48. The van der Waals surface area contributed by atoms with Gasteiger partial charge in [0.05, 0.1) is 17.5 Å². The van der Waals surface area contributed by atoms with E-state index < -0.39 is 5.97 Å². The average Bonchev–Trinajstić information content (AvgIpc) is 2.62. The average molecular weight is 365 g/mol. The maximum Gasteiger partial charge on any atom is 0.335 e. The molecule has 0 radical (unpaired) electrons. The number of hydrogen-bond acceptors (Lipinski definition) is 4. The van der Waals surface area contributed by atoms with Gasteiger partial charge in [-0.3, -0.25) is 5.43 Å². The van der Waals surface area contributed by atoms with Crippen molar-refractivity contribution in [3.8, 4) is 0 Å². The molecule has 0 aromatic heterocycles. The molecular weight excluding hydrogens is 338 g/mol. The van der Waals surface area contributed by atoms with E-state index in [1.165, 1.54) is 11.3 Å². The van der Waals surface area contributed by atoms with E-state index in [1.54, 1.807) is 30.5 Å². The lowest BCUT2D eigenvalue weighted by molar-refractivity contribution is 0.0697. The van der Waals surface area contributed by atoms with Gasteiger partial charge in [0.15, 0.2) is 0 Å². The summed E-state index contributed by atoms with van der Waals surface area (Å²) in [7, 11) is 0. The van der Waals surface area contributed by atoms with Crippen LogP contribution in [0.2, 0.25) is 0 Å². The first-order valence-corrected chi connectivity index (χ1v) is 9.36. The fraction of sp³-hybridized carbons (Fsp3) is 0.364. The lowest BCUT2D eigenvalue weighted by atomic mass is 9.79. The van der Waals surface area contributed by atoms with E-state index in [9.17, 15) is 4.79 Å². The Morgan fingerprint density at radius 3 is 2.63 bits per heavy atom. The Morgan fingerprint density at radius 2 is 2.00 bits per heavy atom. The molecule has 1 heterocycles. The summed E-state index contributed by atoms with van der Waals surface area (Å²) in [6, 6.07) is 13.0. The van der Waals surface area contributed by atoms with E-state index in [4.69, 9.17) is 5.11 Å². The minimum atomic E-state index is -0.933. The largest absolute Gasteiger partial charge is 0.478 e. The molecule has 1 atom stereocenters. The Hall–Kier alpha value is -2.82. The molecule has 27 heavy (non-hydrogen) atoms. The molecule has 0 spiro atoms. The fourth-order valence-corrected chi connectivity index (χ4v) is 4.06. The predicted octanol–water partition coefficient (Wildman–Crippen LogP) is 4.94. The molecule has 5 nitrogen and oxygen atoms in total. The highest BCUT2D eigenvalue weighted by Gasteiger charge is 2.35. The summed E-state index contributed by atoms with van der Waals surface area (Å²) in [5, 5.41) is 13.2. The molecule has 3 rings (SSSR count). The number of nitrogens with one attached hydrogen (secondary N) is 1. The van der Waals surface area contributed by atoms with Crippen molar-refractivity contribution in [3.63, 3.8) is 0 Å². The highest BCUT2D eigenvalue weighted by atomic mass is 16.4. The number of anilines is 2. The summed E-state index contributed by atoms with van der Waals surface area (Å²) in [5.74, 6) is -0.430. The van der Waals surface area contributed by atoms with Crippen LogP contribution in [0.4, 0.5) is 11.4 Å². The van der Waals surface area contributed by atoms with Crippen LogP contribution < -0.4 is 10.3 Å². The predicted molar refractivity (Wildman–Crippen MR) is 111 cm³/mol. The minimum Gasteiger partial charge on any atom is -0.478 e. The zero-order valence-corrected chi connectivity index (χ0v) is 16.4. The number of rotatable bonds is 5. The van der Waals surface area contributed by atoms with Crippen LogP contribution in [-0.4, -0.2) is 29.4 Å². The van der Waals surface area contributed by atoms with Crippen LogP contribution in [0.1, 0.15) is 61.5 Å². The molecule has 1 aliphatic rings. The van der Waals surface area contributed by atoms with E-state index in [1.807, 2.05) is 0 Å². The maximum atomic E-state index is 10.9. The number of benzene rings is 2. The van der Waals surface area contributed by atoms with E-state index in [-0.39, 0.29) is 11.1 Å². The maximum absolute atomic E-state index is 10.9. The smallest absolute Gasteiger partial charge is 0.335 e. The Kier molecular flexibility index (Phi) is 5.22. The van der Waals surface area contributed by atoms with E-state index in [0.29, 0.717) is 5.92 Å². The number of carboxylic acids is 1. The Bertz CT molecular complexity index is 856. The van der Waals surface area contributed by atoms with Crippen LogP contribution in [0, 0.1) is 0 Å². The zero-order valence-electron chi connectivity index (χ0n) is 16.4. The van der Waals surface area contributed by atoms with Crippen LogP contribution in [0.5, 0.6) is 0 Å². The molecule has 0 saturated heterocycles. The monoisotopic (exact) mass is 365 g/mol. The first kappa shape index (κ1) is 19.0. The minimum absolute atomic E-state index is 0.167. The Balaban J connectivity index is 1.76. The second-order valence-corrected chi connectivity index (χ2v) is 7.73. The summed E-state index contributed by atoms with van der Waals surface area (Å²) >= 11 is 0. The van der Waals surface area contributed by atoms with Crippen molar-refractivity contribution >= 4 is 23.6 Å². The molecule has 0 saturated carbocycles. The molecule has 2 aromatic carbocycles. The van der Waals surface area contributed by atoms with Crippen molar-refractivity contribution in [1.82, 2.24) is 0 Å². The number of nitrogens with zero attached hydrogens (tertiary/aromatic N) is 2. The van der Waals surface area contributed by atoms with Crippen molar-refractivity contribution in [1.29, 1.82) is 0 Å². The molecule has 0 unspecified atom stereocenters. The van der Waals surface area contributed by atoms with Crippen LogP contribution in [0.25, 0.3) is 0 Å². The quantitative estimate of drug-likeness (QED) is 0.582. The van der Waals surface area contributed by atoms with Gasteiger partial charge in [-0.25, -0.2) is 4.79 Å². The van der Waals surface area contributed by atoms with Crippen LogP contribution >= 0.6 is 0 Å². The highest BCUT2D eigenvalue weighted by molar-refractivity contribution is 5.88. The zero-order chi connectivity index (χ0) is 19.6. The number of hydrogen-bond donors (Lipinski definition) is 2. The third-order valence-electron chi connectivity index (χ3n) is 5.27. The number of aromatic carboxylic acids is 1. The standard InChI is InChI=1S/C22H27N3O2/c1-5-25-20-11-6-16(12-19(20)15(2)13-22(25,3)4)14-23-24-18-9-7-17(8-10-18)21(26)27/h6-12,14-15,24H,5,13H2,1-4H3,(H,26,27)/b23-14+/t15-/m1/s1. The normalized spacial score (nSPS) is 18.4. The van der Waals surface area contributed by atoms with Crippen LogP contribution in [-0.2, 0) is 0 Å². The number of carboxylic acid groups (broad SMARTS) is 1. The molecule has 2 N–H and O–H groups in total. The van der Waals surface area contributed by atoms with Gasteiger partial charge in [-0.15, -0.1) is 0 Å². The molecule has 5 heteroatoms. The van der Waals surface area contributed by atoms with Gasteiger partial charge in [0.25, 0.3) is 0 Å². The van der Waals surface area contributed by atoms with Gasteiger partial charge in [0.2, 0.25) is 0 Å². The van der Waals surface area contributed by atoms with Crippen molar-refractivity contribution < 1.29 is 9.90 Å². The Labute approximate surface area is 160 Å². The molecular formula is C22H27N3O2. The van der Waals surface area contributed by atoms with Gasteiger partial charge in [0, 0.05) is 17.8 Å². The van der Waals surface area contributed by atoms with Crippen LogP contribution in [0.15, 0.2) is 47.6 Å². The number of fused-ring (bicyclic) bond motifs is 1. The van der Waals surface area contributed by atoms with Crippen molar-refractivity contribution in [2.45, 2.75) is 45.6 Å². The molecule has 1 aliphatic heterocycles. The van der Waals surface area contributed by atoms with Gasteiger partial charge >= 0.3 is 5.97 Å². The topological polar surface area (TPSA) is 64.9 Å².